The number of nitrogens with zero attached hydrogens (tertiary/aromatic N) is 4. The predicted octanol–water partition coefficient (Wildman–Crippen LogP) is 2.83. The van der Waals surface area contributed by atoms with Gasteiger partial charge in [0.15, 0.2) is 5.96 Å². The number of morpholine rings is 1. The molecule has 2 aromatic rings. The fourth-order valence-corrected chi connectivity index (χ4v) is 3.25. The van der Waals surface area contributed by atoms with E-state index < -0.39 is 0 Å². The lowest BCUT2D eigenvalue weighted by Gasteiger charge is -2.34. The van der Waals surface area contributed by atoms with Crippen LogP contribution >= 0.6 is 39.9 Å². The molecule has 1 atom stereocenters. The second-order valence-electron chi connectivity index (χ2n) is 6.03. The average molecular weight is 550 g/mol. The lowest BCUT2D eigenvalue weighted by atomic mass is 10.1. The Morgan fingerprint density at radius 2 is 2.33 bits per heavy atom. The Morgan fingerprint density at radius 3 is 3.04 bits per heavy atom. The van der Waals surface area contributed by atoms with Gasteiger partial charge in [-0.3, -0.25) is 9.67 Å². The van der Waals surface area contributed by atoms with Gasteiger partial charge < -0.3 is 19.7 Å². The molecule has 0 spiro atoms. The molecule has 1 N–H and O–H groups in total. The molecule has 0 radical (unpaired) electrons. The molecule has 1 aromatic heterocycles. The molecule has 3 rings (SSSR count). The molecule has 2 heterocycles. The Bertz CT molecular complexity index is 755. The minimum absolute atomic E-state index is 0. The first-order valence-electron chi connectivity index (χ1n) is 8.60. The van der Waals surface area contributed by atoms with Crippen LogP contribution < -0.4 is 10.1 Å². The highest BCUT2D eigenvalue weighted by Gasteiger charge is 2.24. The summed E-state index contributed by atoms with van der Waals surface area (Å²) in [6.07, 6.45) is 3.86. The minimum Gasteiger partial charge on any atom is -0.492 e. The van der Waals surface area contributed by atoms with Crippen LogP contribution in [-0.2, 0) is 11.8 Å². The quantitative estimate of drug-likeness (QED) is 0.269. The van der Waals surface area contributed by atoms with E-state index in [-0.39, 0.29) is 30.1 Å². The van der Waals surface area contributed by atoms with Crippen LogP contribution in [0.25, 0.3) is 0 Å². The molecule has 0 saturated carbocycles. The van der Waals surface area contributed by atoms with E-state index in [1.54, 1.807) is 11.7 Å². The highest BCUT2D eigenvalue weighted by atomic mass is 127. The Morgan fingerprint density at radius 1 is 1.48 bits per heavy atom. The van der Waals surface area contributed by atoms with Crippen molar-refractivity contribution in [2.45, 2.75) is 6.10 Å². The van der Waals surface area contributed by atoms with E-state index in [1.807, 2.05) is 43.7 Å². The summed E-state index contributed by atoms with van der Waals surface area (Å²) in [6.45, 7) is 3.45. The highest BCUT2D eigenvalue weighted by Crippen LogP contribution is 2.21. The van der Waals surface area contributed by atoms with Crippen molar-refractivity contribution in [3.05, 3.63) is 46.7 Å². The van der Waals surface area contributed by atoms with Crippen LogP contribution in [-0.4, -0.2) is 60.5 Å². The number of halogens is 2. The molecule has 0 aliphatic carbocycles. The van der Waals surface area contributed by atoms with Crippen LogP contribution in [0, 0.1) is 0 Å². The van der Waals surface area contributed by atoms with Gasteiger partial charge in [0.05, 0.1) is 25.9 Å². The van der Waals surface area contributed by atoms with E-state index in [9.17, 15) is 0 Å². The Labute approximate surface area is 185 Å². The van der Waals surface area contributed by atoms with Gasteiger partial charge in [-0.15, -0.1) is 24.0 Å². The minimum atomic E-state index is 0. The van der Waals surface area contributed by atoms with E-state index in [2.05, 4.69) is 36.2 Å². The van der Waals surface area contributed by atoms with E-state index in [4.69, 9.17) is 9.47 Å². The lowest BCUT2D eigenvalue weighted by molar-refractivity contribution is -0.00805. The summed E-state index contributed by atoms with van der Waals surface area (Å²) in [5, 5.41) is 7.59. The number of ether oxygens (including phenoxy) is 2. The van der Waals surface area contributed by atoms with Crippen molar-refractivity contribution < 1.29 is 9.47 Å². The number of hydrogen-bond donors (Lipinski definition) is 1. The molecule has 1 aliphatic heterocycles. The predicted molar refractivity (Wildman–Crippen MR) is 120 cm³/mol. The fourth-order valence-electron chi connectivity index (χ4n) is 2.87. The number of hydrogen-bond acceptors (Lipinski definition) is 4. The summed E-state index contributed by atoms with van der Waals surface area (Å²) in [7, 11) is 3.71. The van der Waals surface area contributed by atoms with Gasteiger partial charge in [0, 0.05) is 36.9 Å². The average Bonchev–Trinajstić information content (AvgIpc) is 3.08. The number of benzene rings is 1. The van der Waals surface area contributed by atoms with Crippen LogP contribution in [0.4, 0.5) is 0 Å². The molecular formula is C18H25BrIN5O2. The lowest BCUT2D eigenvalue weighted by Crippen LogP contribution is -2.48. The Hall–Kier alpha value is -1.33. The van der Waals surface area contributed by atoms with E-state index in [0.717, 1.165) is 34.8 Å². The number of guanidine groups is 1. The second-order valence-corrected chi connectivity index (χ2v) is 6.95. The number of aryl methyl sites for hydroxylation is 1. The SMILES string of the molecule is CN=C(NCCOc1cccc(Br)c1)N1CCOC(c2cnn(C)c2)C1.I. The van der Waals surface area contributed by atoms with Crippen molar-refractivity contribution in [3.63, 3.8) is 0 Å². The van der Waals surface area contributed by atoms with Gasteiger partial charge in [0.25, 0.3) is 0 Å². The fraction of sp³-hybridized carbons (Fsp3) is 0.444. The first kappa shape index (κ1) is 22.0. The van der Waals surface area contributed by atoms with Gasteiger partial charge in [0.1, 0.15) is 18.5 Å². The third kappa shape index (κ3) is 6.35. The van der Waals surface area contributed by atoms with Crippen molar-refractivity contribution in [3.8, 4) is 5.75 Å². The maximum Gasteiger partial charge on any atom is 0.193 e. The van der Waals surface area contributed by atoms with Crippen LogP contribution in [0.5, 0.6) is 5.75 Å². The summed E-state index contributed by atoms with van der Waals surface area (Å²) < 4.78 is 14.5. The Kier molecular flexibility index (Phi) is 8.84. The monoisotopic (exact) mass is 549 g/mol. The molecule has 148 valence electrons. The molecule has 0 amide bonds. The number of aromatic nitrogens is 2. The standard InChI is InChI=1S/C18H24BrN5O2.HI/c1-20-18(21-6-8-25-16-5-3-4-15(19)10-16)24-7-9-26-17(13-24)14-11-22-23(2)12-14;/h3-5,10-12,17H,6-9,13H2,1-2H3,(H,20,21);1H. The van der Waals surface area contributed by atoms with Crippen LogP contribution in [0.1, 0.15) is 11.7 Å². The van der Waals surface area contributed by atoms with Crippen molar-refractivity contribution in [2.24, 2.45) is 12.0 Å². The summed E-state index contributed by atoms with van der Waals surface area (Å²) in [6, 6.07) is 7.83. The molecule has 0 bridgehead atoms. The maximum absolute atomic E-state index is 5.89. The van der Waals surface area contributed by atoms with Gasteiger partial charge >= 0.3 is 0 Å². The highest BCUT2D eigenvalue weighted by molar-refractivity contribution is 14.0. The smallest absolute Gasteiger partial charge is 0.193 e. The van der Waals surface area contributed by atoms with Gasteiger partial charge in [-0.2, -0.15) is 5.10 Å². The zero-order valence-electron chi connectivity index (χ0n) is 15.5. The van der Waals surface area contributed by atoms with Crippen molar-refractivity contribution in [1.82, 2.24) is 20.0 Å². The van der Waals surface area contributed by atoms with Crippen LogP contribution in [0.2, 0.25) is 0 Å². The molecule has 27 heavy (non-hydrogen) atoms. The van der Waals surface area contributed by atoms with Crippen LogP contribution in [0.15, 0.2) is 46.1 Å². The van der Waals surface area contributed by atoms with Crippen molar-refractivity contribution >= 4 is 45.9 Å². The number of nitrogens with one attached hydrogen (secondary N) is 1. The van der Waals surface area contributed by atoms with Gasteiger partial charge in [-0.1, -0.05) is 22.0 Å². The first-order valence-corrected chi connectivity index (χ1v) is 9.39. The summed E-state index contributed by atoms with van der Waals surface area (Å²) >= 11 is 3.44. The molecule has 1 unspecified atom stereocenters. The third-order valence-electron chi connectivity index (χ3n) is 4.12. The van der Waals surface area contributed by atoms with Gasteiger partial charge in [-0.25, -0.2) is 0 Å². The second kappa shape index (κ2) is 10.9. The zero-order chi connectivity index (χ0) is 18.4. The zero-order valence-corrected chi connectivity index (χ0v) is 19.4. The largest absolute Gasteiger partial charge is 0.492 e. The van der Waals surface area contributed by atoms with E-state index in [0.29, 0.717) is 19.8 Å². The number of rotatable bonds is 5. The third-order valence-corrected chi connectivity index (χ3v) is 4.62. The molecule has 1 aromatic carbocycles. The molecule has 7 nitrogen and oxygen atoms in total. The summed E-state index contributed by atoms with van der Waals surface area (Å²) in [4.78, 5) is 6.60. The van der Waals surface area contributed by atoms with E-state index in [1.165, 1.54) is 0 Å². The van der Waals surface area contributed by atoms with Gasteiger partial charge in [0.2, 0.25) is 0 Å². The summed E-state index contributed by atoms with van der Waals surface area (Å²) in [5.74, 6) is 1.71. The normalized spacial score (nSPS) is 17.4. The van der Waals surface area contributed by atoms with Crippen molar-refractivity contribution in [1.29, 1.82) is 0 Å². The molecule has 9 heteroatoms. The van der Waals surface area contributed by atoms with Crippen molar-refractivity contribution in [2.75, 3.05) is 39.9 Å². The van der Waals surface area contributed by atoms with Gasteiger partial charge in [-0.05, 0) is 18.2 Å². The molecule has 1 fully saturated rings. The Balaban J connectivity index is 0.00000261. The first-order chi connectivity index (χ1) is 12.7. The molecule has 1 saturated heterocycles. The topological polar surface area (TPSA) is 63.9 Å². The maximum atomic E-state index is 5.89. The molecular weight excluding hydrogens is 525 g/mol. The summed E-state index contributed by atoms with van der Waals surface area (Å²) in [5.41, 5.74) is 1.09. The number of aliphatic imine (C=N–C) groups is 1. The van der Waals surface area contributed by atoms with Crippen LogP contribution in [0.3, 0.4) is 0 Å². The molecule has 1 aliphatic rings. The van der Waals surface area contributed by atoms with E-state index >= 15 is 0 Å².